The Morgan fingerprint density at radius 3 is 2.90 bits per heavy atom. The van der Waals surface area contributed by atoms with Crippen molar-refractivity contribution in [2.75, 3.05) is 6.61 Å². The van der Waals surface area contributed by atoms with Crippen LogP contribution >= 0.6 is 0 Å². The Hall–Kier alpha value is -2.17. The maximum Gasteiger partial charge on any atom is 0.267 e. The third kappa shape index (κ3) is 3.12. The molecule has 1 aromatic heterocycles. The van der Waals surface area contributed by atoms with Crippen molar-refractivity contribution in [1.29, 1.82) is 0 Å². The fraction of sp³-hybridized carbons (Fsp3) is 0.375. The van der Waals surface area contributed by atoms with Gasteiger partial charge in [0, 0.05) is 6.07 Å². The molecule has 0 amide bonds. The molecule has 3 rings (SSSR count). The quantitative estimate of drug-likeness (QED) is 0.867. The van der Waals surface area contributed by atoms with Crippen molar-refractivity contribution in [3.63, 3.8) is 0 Å². The summed E-state index contributed by atoms with van der Waals surface area (Å²) in [7, 11) is 0. The molecule has 21 heavy (non-hydrogen) atoms. The molecule has 1 aromatic carbocycles. The van der Waals surface area contributed by atoms with E-state index in [0.717, 1.165) is 36.9 Å². The average Bonchev–Trinajstić information content (AvgIpc) is 2.49. The molecule has 0 bridgehead atoms. The average molecular weight is 288 g/mol. The van der Waals surface area contributed by atoms with Gasteiger partial charge in [-0.05, 0) is 43.4 Å². The molecule has 1 aliphatic rings. The number of halogens is 1. The monoisotopic (exact) mass is 288 g/mol. The van der Waals surface area contributed by atoms with E-state index in [4.69, 9.17) is 4.74 Å². The molecule has 5 heteroatoms. The Kier molecular flexibility index (Phi) is 3.99. The van der Waals surface area contributed by atoms with Crippen LogP contribution in [-0.4, -0.2) is 16.4 Å². The van der Waals surface area contributed by atoms with Crippen LogP contribution in [0.4, 0.5) is 4.39 Å². The summed E-state index contributed by atoms with van der Waals surface area (Å²) in [5.74, 6) is -0.202. The summed E-state index contributed by atoms with van der Waals surface area (Å²) < 4.78 is 20.2. The van der Waals surface area contributed by atoms with Crippen LogP contribution in [0.15, 0.2) is 35.1 Å². The number of fused-ring (bicyclic) bond motifs is 1. The summed E-state index contributed by atoms with van der Waals surface area (Å²) in [6.45, 7) is 0.535. The fourth-order valence-corrected chi connectivity index (χ4v) is 2.57. The zero-order chi connectivity index (χ0) is 14.7. The van der Waals surface area contributed by atoms with Crippen molar-refractivity contribution in [1.82, 2.24) is 9.78 Å². The van der Waals surface area contributed by atoms with E-state index in [2.05, 4.69) is 5.10 Å². The molecule has 110 valence electrons. The SMILES string of the molecule is O=c1cc2c(nn1CCOc1ccccc1F)CCCC2. The third-order valence-electron chi connectivity index (χ3n) is 3.67. The van der Waals surface area contributed by atoms with E-state index in [1.165, 1.54) is 10.7 Å². The number of hydrogen-bond acceptors (Lipinski definition) is 3. The maximum atomic E-state index is 13.4. The number of benzene rings is 1. The van der Waals surface area contributed by atoms with Gasteiger partial charge >= 0.3 is 0 Å². The summed E-state index contributed by atoms with van der Waals surface area (Å²) in [4.78, 5) is 12.0. The predicted octanol–water partition coefficient (Wildman–Crippen LogP) is 2.34. The fourth-order valence-electron chi connectivity index (χ4n) is 2.57. The Morgan fingerprint density at radius 1 is 1.24 bits per heavy atom. The first-order chi connectivity index (χ1) is 10.2. The van der Waals surface area contributed by atoms with E-state index in [0.29, 0.717) is 6.54 Å². The minimum atomic E-state index is -0.400. The van der Waals surface area contributed by atoms with Gasteiger partial charge in [-0.1, -0.05) is 12.1 Å². The van der Waals surface area contributed by atoms with Crippen molar-refractivity contribution in [3.05, 3.63) is 57.8 Å². The smallest absolute Gasteiger partial charge is 0.267 e. The molecule has 2 aromatic rings. The van der Waals surface area contributed by atoms with E-state index in [1.807, 2.05) is 0 Å². The molecule has 0 N–H and O–H groups in total. The van der Waals surface area contributed by atoms with Crippen LogP contribution in [0.5, 0.6) is 5.75 Å². The second-order valence-electron chi connectivity index (χ2n) is 5.16. The van der Waals surface area contributed by atoms with Crippen molar-refractivity contribution in [3.8, 4) is 5.75 Å². The highest BCUT2D eigenvalue weighted by molar-refractivity contribution is 5.23. The zero-order valence-electron chi connectivity index (χ0n) is 11.7. The van der Waals surface area contributed by atoms with Crippen LogP contribution in [-0.2, 0) is 19.4 Å². The second-order valence-corrected chi connectivity index (χ2v) is 5.16. The lowest BCUT2D eigenvalue weighted by Gasteiger charge is -2.16. The Labute approximate surface area is 122 Å². The molecule has 0 saturated carbocycles. The van der Waals surface area contributed by atoms with E-state index in [9.17, 15) is 9.18 Å². The van der Waals surface area contributed by atoms with Crippen LogP contribution in [0.25, 0.3) is 0 Å². The molecule has 0 atom stereocenters. The highest BCUT2D eigenvalue weighted by Gasteiger charge is 2.13. The number of rotatable bonds is 4. The van der Waals surface area contributed by atoms with Gasteiger partial charge in [-0.3, -0.25) is 4.79 Å². The maximum absolute atomic E-state index is 13.4. The first-order valence-corrected chi connectivity index (χ1v) is 7.21. The lowest BCUT2D eigenvalue weighted by molar-refractivity contribution is 0.274. The van der Waals surface area contributed by atoms with Crippen LogP contribution in [0.1, 0.15) is 24.1 Å². The van der Waals surface area contributed by atoms with Gasteiger partial charge < -0.3 is 4.74 Å². The highest BCUT2D eigenvalue weighted by Crippen LogP contribution is 2.17. The number of para-hydroxylation sites is 1. The number of nitrogens with zero attached hydrogens (tertiary/aromatic N) is 2. The van der Waals surface area contributed by atoms with Gasteiger partial charge in [0.25, 0.3) is 5.56 Å². The predicted molar refractivity (Wildman–Crippen MR) is 77.0 cm³/mol. The van der Waals surface area contributed by atoms with Crippen molar-refractivity contribution < 1.29 is 9.13 Å². The van der Waals surface area contributed by atoms with Gasteiger partial charge in [0.1, 0.15) is 6.61 Å². The van der Waals surface area contributed by atoms with Gasteiger partial charge in [-0.15, -0.1) is 0 Å². The number of aryl methyl sites for hydroxylation is 2. The molecule has 0 fully saturated rings. The molecular weight excluding hydrogens is 271 g/mol. The minimum Gasteiger partial charge on any atom is -0.489 e. The van der Waals surface area contributed by atoms with Crippen molar-refractivity contribution >= 4 is 0 Å². The summed E-state index contributed by atoms with van der Waals surface area (Å²) >= 11 is 0. The minimum absolute atomic E-state index is 0.118. The zero-order valence-corrected chi connectivity index (χ0v) is 11.7. The Bertz CT molecular complexity index is 697. The molecule has 0 unspecified atom stereocenters. The van der Waals surface area contributed by atoms with E-state index >= 15 is 0 Å². The van der Waals surface area contributed by atoms with Gasteiger partial charge in [-0.2, -0.15) is 5.10 Å². The normalized spacial score (nSPS) is 13.8. The van der Waals surface area contributed by atoms with Crippen molar-refractivity contribution in [2.24, 2.45) is 0 Å². The van der Waals surface area contributed by atoms with E-state index in [-0.39, 0.29) is 17.9 Å². The van der Waals surface area contributed by atoms with Gasteiger partial charge in [-0.25, -0.2) is 9.07 Å². The molecule has 0 radical (unpaired) electrons. The molecular formula is C16H17FN2O2. The van der Waals surface area contributed by atoms with Crippen LogP contribution in [0.3, 0.4) is 0 Å². The molecule has 1 heterocycles. The summed E-state index contributed by atoms with van der Waals surface area (Å²) in [5.41, 5.74) is 1.96. The van der Waals surface area contributed by atoms with Gasteiger partial charge in [0.2, 0.25) is 0 Å². The molecule has 0 aliphatic heterocycles. The van der Waals surface area contributed by atoms with Crippen LogP contribution < -0.4 is 10.3 Å². The summed E-state index contributed by atoms with van der Waals surface area (Å²) in [6, 6.07) is 7.90. The van der Waals surface area contributed by atoms with Crippen LogP contribution in [0, 0.1) is 5.82 Å². The standard InChI is InChI=1S/C16H17FN2O2/c17-13-6-2-4-8-15(13)21-10-9-19-16(20)11-12-5-1-3-7-14(12)18-19/h2,4,6,8,11H,1,3,5,7,9-10H2. The highest BCUT2D eigenvalue weighted by atomic mass is 19.1. The summed E-state index contributed by atoms with van der Waals surface area (Å²) in [6.07, 6.45) is 4.09. The Morgan fingerprint density at radius 2 is 2.05 bits per heavy atom. The Balaban J connectivity index is 1.68. The second kappa shape index (κ2) is 6.08. The molecule has 0 spiro atoms. The third-order valence-corrected chi connectivity index (χ3v) is 3.67. The topological polar surface area (TPSA) is 44.1 Å². The number of hydrogen-bond donors (Lipinski definition) is 0. The first-order valence-electron chi connectivity index (χ1n) is 7.21. The van der Waals surface area contributed by atoms with E-state index < -0.39 is 5.82 Å². The first kappa shape index (κ1) is 13.8. The molecule has 1 aliphatic carbocycles. The lowest BCUT2D eigenvalue weighted by atomic mass is 9.97. The molecule has 0 saturated heterocycles. The van der Waals surface area contributed by atoms with Gasteiger partial charge in [0.15, 0.2) is 11.6 Å². The molecule has 4 nitrogen and oxygen atoms in total. The largest absolute Gasteiger partial charge is 0.489 e. The van der Waals surface area contributed by atoms with Crippen molar-refractivity contribution in [2.45, 2.75) is 32.2 Å². The van der Waals surface area contributed by atoms with Crippen LogP contribution in [0.2, 0.25) is 0 Å². The van der Waals surface area contributed by atoms with Gasteiger partial charge in [0.05, 0.1) is 12.2 Å². The summed E-state index contributed by atoms with van der Waals surface area (Å²) in [5, 5.41) is 4.40. The number of aromatic nitrogens is 2. The lowest BCUT2D eigenvalue weighted by Crippen LogP contribution is -2.28. The van der Waals surface area contributed by atoms with E-state index in [1.54, 1.807) is 24.3 Å². The number of ether oxygens (including phenoxy) is 1.